The molecule has 0 bridgehead atoms. The maximum Gasteiger partial charge on any atom is 0.307 e. The van der Waals surface area contributed by atoms with E-state index in [0.29, 0.717) is 10.6 Å². The van der Waals surface area contributed by atoms with Gasteiger partial charge in [0.05, 0.1) is 13.5 Å². The monoisotopic (exact) mass is 309 g/mol. The Balaban J connectivity index is 2.20. The first-order valence-corrected chi connectivity index (χ1v) is 6.86. The quantitative estimate of drug-likeness (QED) is 0.881. The standard InChI is InChI=1S/C15H16ClNO4/c1-8(6-13(18)20-3)17-15(19)14-9(2)11-7-10(16)4-5-12(11)21-14/h4-5,7-8H,6H2,1-3H3,(H,17,19). The number of amides is 1. The van der Waals surface area contributed by atoms with Crippen LogP contribution in [0.3, 0.4) is 0 Å². The lowest BCUT2D eigenvalue weighted by molar-refractivity contribution is -0.141. The number of halogens is 1. The number of carbonyl (C=O) groups excluding carboxylic acids is 2. The minimum atomic E-state index is -0.379. The van der Waals surface area contributed by atoms with Crippen LogP contribution in [0.4, 0.5) is 0 Å². The van der Waals surface area contributed by atoms with Crippen LogP contribution in [-0.4, -0.2) is 25.0 Å². The van der Waals surface area contributed by atoms with Crippen molar-refractivity contribution in [2.45, 2.75) is 26.3 Å². The van der Waals surface area contributed by atoms with E-state index in [0.717, 1.165) is 10.9 Å². The molecule has 0 radical (unpaired) electrons. The Morgan fingerprint density at radius 1 is 1.43 bits per heavy atom. The molecule has 0 aliphatic heterocycles. The normalized spacial score (nSPS) is 12.2. The summed E-state index contributed by atoms with van der Waals surface area (Å²) in [6.07, 6.45) is 0.105. The average molecular weight is 310 g/mol. The van der Waals surface area contributed by atoms with Crippen molar-refractivity contribution in [3.8, 4) is 0 Å². The minimum Gasteiger partial charge on any atom is -0.469 e. The largest absolute Gasteiger partial charge is 0.469 e. The highest BCUT2D eigenvalue weighted by atomic mass is 35.5. The summed E-state index contributed by atoms with van der Waals surface area (Å²) in [6.45, 7) is 3.52. The van der Waals surface area contributed by atoms with Gasteiger partial charge in [-0.1, -0.05) is 11.6 Å². The molecule has 0 aliphatic rings. The van der Waals surface area contributed by atoms with Gasteiger partial charge in [0, 0.05) is 22.0 Å². The van der Waals surface area contributed by atoms with Crippen LogP contribution in [-0.2, 0) is 9.53 Å². The molecule has 0 saturated carbocycles. The second kappa shape index (κ2) is 6.18. The molecule has 0 fully saturated rings. The summed E-state index contributed by atoms with van der Waals surface area (Å²) in [5.41, 5.74) is 1.32. The molecule has 5 nitrogen and oxygen atoms in total. The van der Waals surface area contributed by atoms with Crippen molar-refractivity contribution >= 4 is 34.4 Å². The number of esters is 1. The maximum atomic E-state index is 12.2. The Hall–Kier alpha value is -2.01. The third-order valence-electron chi connectivity index (χ3n) is 3.18. The molecule has 1 amide bonds. The Kier molecular flexibility index (Phi) is 4.53. The zero-order valence-corrected chi connectivity index (χ0v) is 12.8. The lowest BCUT2D eigenvalue weighted by Crippen LogP contribution is -2.34. The van der Waals surface area contributed by atoms with Crippen LogP contribution in [0.1, 0.15) is 29.5 Å². The minimum absolute atomic E-state index is 0.105. The third kappa shape index (κ3) is 3.36. The third-order valence-corrected chi connectivity index (χ3v) is 3.42. The molecule has 1 N–H and O–H groups in total. The van der Waals surface area contributed by atoms with Gasteiger partial charge in [0.2, 0.25) is 0 Å². The number of methoxy groups -OCH3 is 1. The van der Waals surface area contributed by atoms with Gasteiger partial charge < -0.3 is 14.5 Å². The van der Waals surface area contributed by atoms with Gasteiger partial charge in [-0.2, -0.15) is 0 Å². The lowest BCUT2D eigenvalue weighted by atomic mass is 10.1. The van der Waals surface area contributed by atoms with Gasteiger partial charge in [-0.3, -0.25) is 9.59 Å². The predicted molar refractivity (Wildman–Crippen MR) is 79.5 cm³/mol. The molecule has 1 heterocycles. The molecule has 1 atom stereocenters. The maximum absolute atomic E-state index is 12.2. The first kappa shape index (κ1) is 15.4. The molecular formula is C15H16ClNO4. The molecule has 1 aromatic carbocycles. The van der Waals surface area contributed by atoms with Crippen LogP contribution < -0.4 is 5.32 Å². The number of nitrogens with one attached hydrogen (secondary N) is 1. The molecule has 0 saturated heterocycles. The van der Waals surface area contributed by atoms with Crippen LogP contribution in [0.15, 0.2) is 22.6 Å². The zero-order chi connectivity index (χ0) is 15.6. The number of carbonyl (C=O) groups is 2. The van der Waals surface area contributed by atoms with Gasteiger partial charge in [-0.05, 0) is 32.0 Å². The topological polar surface area (TPSA) is 68.5 Å². The van der Waals surface area contributed by atoms with E-state index >= 15 is 0 Å². The van der Waals surface area contributed by atoms with Gasteiger partial charge in [-0.15, -0.1) is 0 Å². The van der Waals surface area contributed by atoms with E-state index in [4.69, 9.17) is 16.0 Å². The predicted octanol–water partition coefficient (Wildman–Crippen LogP) is 3.08. The summed E-state index contributed by atoms with van der Waals surface area (Å²) < 4.78 is 10.1. The SMILES string of the molecule is COC(=O)CC(C)NC(=O)c1oc2ccc(Cl)cc2c1C. The van der Waals surface area contributed by atoms with Crippen molar-refractivity contribution in [3.63, 3.8) is 0 Å². The lowest BCUT2D eigenvalue weighted by Gasteiger charge is -2.11. The van der Waals surface area contributed by atoms with Crippen molar-refractivity contribution in [3.05, 3.63) is 34.5 Å². The second-order valence-corrected chi connectivity index (χ2v) is 5.29. The Bertz CT molecular complexity index is 692. The van der Waals surface area contributed by atoms with E-state index in [-0.39, 0.29) is 30.1 Å². The summed E-state index contributed by atoms with van der Waals surface area (Å²) in [6, 6.07) is 4.83. The van der Waals surface area contributed by atoms with E-state index < -0.39 is 0 Å². The molecule has 2 aromatic rings. The average Bonchev–Trinajstić information content (AvgIpc) is 2.75. The van der Waals surface area contributed by atoms with Gasteiger partial charge >= 0.3 is 5.97 Å². The summed E-state index contributed by atoms with van der Waals surface area (Å²) in [5, 5.41) is 4.09. The molecule has 6 heteroatoms. The van der Waals surface area contributed by atoms with Crippen LogP contribution in [0, 0.1) is 6.92 Å². The number of hydrogen-bond acceptors (Lipinski definition) is 4. The van der Waals surface area contributed by atoms with Crippen molar-refractivity contribution in [1.29, 1.82) is 0 Å². The van der Waals surface area contributed by atoms with Crippen molar-refractivity contribution < 1.29 is 18.7 Å². The van der Waals surface area contributed by atoms with E-state index in [9.17, 15) is 9.59 Å². The fourth-order valence-corrected chi connectivity index (χ4v) is 2.26. The number of ether oxygens (including phenoxy) is 1. The van der Waals surface area contributed by atoms with E-state index in [2.05, 4.69) is 10.1 Å². The number of rotatable bonds is 4. The van der Waals surface area contributed by atoms with Crippen molar-refractivity contribution in [2.75, 3.05) is 7.11 Å². The molecule has 21 heavy (non-hydrogen) atoms. The Labute approximate surface area is 127 Å². The van der Waals surface area contributed by atoms with E-state index in [1.807, 2.05) is 0 Å². The Morgan fingerprint density at radius 3 is 2.81 bits per heavy atom. The van der Waals surface area contributed by atoms with Crippen LogP contribution >= 0.6 is 11.6 Å². The highest BCUT2D eigenvalue weighted by Gasteiger charge is 2.20. The van der Waals surface area contributed by atoms with Crippen molar-refractivity contribution in [2.24, 2.45) is 0 Å². The zero-order valence-electron chi connectivity index (χ0n) is 12.0. The molecule has 0 aliphatic carbocycles. The summed E-state index contributed by atoms with van der Waals surface area (Å²) in [7, 11) is 1.31. The first-order valence-electron chi connectivity index (χ1n) is 6.48. The fourth-order valence-electron chi connectivity index (χ4n) is 2.08. The van der Waals surface area contributed by atoms with Crippen LogP contribution in [0.25, 0.3) is 11.0 Å². The highest BCUT2D eigenvalue weighted by Crippen LogP contribution is 2.27. The number of furan rings is 1. The number of fused-ring (bicyclic) bond motifs is 1. The van der Waals surface area contributed by atoms with E-state index in [1.165, 1.54) is 7.11 Å². The molecule has 1 unspecified atom stereocenters. The molecule has 2 rings (SSSR count). The van der Waals surface area contributed by atoms with Gasteiger partial charge in [0.25, 0.3) is 5.91 Å². The molecule has 112 valence electrons. The first-order chi connectivity index (χ1) is 9.92. The molecule has 0 spiro atoms. The fraction of sp³-hybridized carbons (Fsp3) is 0.333. The van der Waals surface area contributed by atoms with Crippen LogP contribution in [0.2, 0.25) is 5.02 Å². The summed E-state index contributed by atoms with van der Waals surface area (Å²) in [5.74, 6) is -0.517. The van der Waals surface area contributed by atoms with Crippen molar-refractivity contribution in [1.82, 2.24) is 5.32 Å². The number of hydrogen-bond donors (Lipinski definition) is 1. The summed E-state index contributed by atoms with van der Waals surface area (Å²) in [4.78, 5) is 23.4. The van der Waals surface area contributed by atoms with Gasteiger partial charge in [0.1, 0.15) is 5.58 Å². The van der Waals surface area contributed by atoms with Gasteiger partial charge in [0.15, 0.2) is 5.76 Å². The van der Waals surface area contributed by atoms with Gasteiger partial charge in [-0.25, -0.2) is 0 Å². The Morgan fingerprint density at radius 2 is 2.14 bits per heavy atom. The molecule has 1 aromatic heterocycles. The smallest absolute Gasteiger partial charge is 0.307 e. The number of aryl methyl sites for hydroxylation is 1. The summed E-state index contributed by atoms with van der Waals surface area (Å²) >= 11 is 5.94. The van der Waals surface area contributed by atoms with E-state index in [1.54, 1.807) is 32.0 Å². The van der Waals surface area contributed by atoms with Crippen LogP contribution in [0.5, 0.6) is 0 Å². The number of benzene rings is 1. The second-order valence-electron chi connectivity index (χ2n) is 4.85. The highest BCUT2D eigenvalue weighted by molar-refractivity contribution is 6.31. The molecular weight excluding hydrogens is 294 g/mol.